The average Bonchev–Trinajstić information content (AvgIpc) is 3.00. The molecule has 0 unspecified atom stereocenters. The van der Waals surface area contributed by atoms with E-state index in [4.69, 9.17) is 4.74 Å². The van der Waals surface area contributed by atoms with Gasteiger partial charge in [-0.15, -0.1) is 0 Å². The third kappa shape index (κ3) is 5.85. The Kier molecular flexibility index (Phi) is 9.37. The first-order valence-corrected chi connectivity index (χ1v) is 11.1. The van der Waals surface area contributed by atoms with E-state index >= 15 is 0 Å². The zero-order valence-electron chi connectivity index (χ0n) is 18.8. The van der Waals surface area contributed by atoms with Crippen LogP contribution in [0.5, 0.6) is 5.75 Å². The topological polar surface area (TPSA) is 70.1 Å². The largest absolute Gasteiger partial charge is 0.503 e. The number of aliphatic hydroxyl groups is 1. The molecule has 0 aliphatic carbocycles. The summed E-state index contributed by atoms with van der Waals surface area (Å²) in [6.07, 6.45) is 5.44. The first-order valence-electron chi connectivity index (χ1n) is 11.1. The number of aliphatic hydroxyl groups excluding tert-OH is 1. The van der Waals surface area contributed by atoms with Crippen LogP contribution < -0.4 is 4.74 Å². The van der Waals surface area contributed by atoms with Crippen molar-refractivity contribution in [2.24, 2.45) is 0 Å². The molecule has 0 saturated heterocycles. The summed E-state index contributed by atoms with van der Waals surface area (Å²) in [6, 6.07) is 6.76. The third-order valence-electron chi connectivity index (χ3n) is 5.64. The van der Waals surface area contributed by atoms with Gasteiger partial charge in [0.25, 0.3) is 5.91 Å². The van der Waals surface area contributed by atoms with Crippen LogP contribution in [-0.4, -0.2) is 59.9 Å². The lowest BCUT2D eigenvalue weighted by Crippen LogP contribution is -2.35. The molecule has 0 bridgehead atoms. The second-order valence-corrected chi connectivity index (χ2v) is 7.90. The molecule has 6 nitrogen and oxygen atoms in total. The van der Waals surface area contributed by atoms with Crippen molar-refractivity contribution in [2.75, 3.05) is 33.3 Å². The van der Waals surface area contributed by atoms with E-state index in [-0.39, 0.29) is 11.4 Å². The van der Waals surface area contributed by atoms with E-state index in [9.17, 15) is 14.7 Å². The van der Waals surface area contributed by atoms with Gasteiger partial charge in [-0.1, -0.05) is 38.8 Å². The number of ether oxygens (including phenoxy) is 1. The summed E-state index contributed by atoms with van der Waals surface area (Å²) in [6.45, 7) is 9.30. The minimum absolute atomic E-state index is 0.180. The summed E-state index contributed by atoms with van der Waals surface area (Å²) in [4.78, 5) is 29.1. The Labute approximate surface area is 180 Å². The fraction of sp³-hybridized carbons (Fsp3) is 0.583. The van der Waals surface area contributed by atoms with Gasteiger partial charge in [0.05, 0.1) is 18.7 Å². The molecule has 166 valence electrons. The molecule has 1 aliphatic rings. The monoisotopic (exact) mass is 416 g/mol. The number of hydrogen-bond acceptors (Lipinski definition) is 5. The number of benzene rings is 1. The third-order valence-corrected chi connectivity index (χ3v) is 5.64. The van der Waals surface area contributed by atoms with Crippen LogP contribution in [0.1, 0.15) is 64.5 Å². The number of Topliss-reactive ketones (excluding diaryl/α,β-unsaturated/α-hetero) is 1. The second kappa shape index (κ2) is 11.7. The number of amides is 1. The van der Waals surface area contributed by atoms with Crippen LogP contribution in [-0.2, 0) is 9.59 Å². The number of rotatable bonds is 13. The molecule has 1 N–H and O–H groups in total. The molecular formula is C24H36N2O4. The molecule has 30 heavy (non-hydrogen) atoms. The van der Waals surface area contributed by atoms with Gasteiger partial charge in [0.15, 0.2) is 11.5 Å². The highest BCUT2D eigenvalue weighted by Crippen LogP contribution is 2.38. The minimum atomic E-state index is -0.555. The summed E-state index contributed by atoms with van der Waals surface area (Å²) < 4.78 is 5.22. The standard InChI is InChI=1S/C24H36N2O4/c1-5-7-14-25(15-8-6-2)16-9-17-26-22(19-10-12-20(30-4)13-11-19)21(18(3)27)23(28)24(26)29/h10-13,22,28H,5-9,14-17H2,1-4H3/t22-/m1/s1. The van der Waals surface area contributed by atoms with Crippen molar-refractivity contribution in [3.05, 3.63) is 41.2 Å². The lowest BCUT2D eigenvalue weighted by Gasteiger charge is -2.28. The van der Waals surface area contributed by atoms with Crippen molar-refractivity contribution in [1.82, 2.24) is 9.80 Å². The van der Waals surface area contributed by atoms with Gasteiger partial charge in [0.2, 0.25) is 0 Å². The first-order chi connectivity index (χ1) is 14.4. The van der Waals surface area contributed by atoms with Crippen molar-refractivity contribution in [2.45, 2.75) is 58.9 Å². The first kappa shape index (κ1) is 23.9. The molecule has 6 heteroatoms. The molecule has 1 aliphatic heterocycles. The van der Waals surface area contributed by atoms with Gasteiger partial charge in [-0.05, 0) is 63.5 Å². The van der Waals surface area contributed by atoms with E-state index in [2.05, 4.69) is 18.7 Å². The number of hydrogen-bond donors (Lipinski definition) is 1. The zero-order valence-corrected chi connectivity index (χ0v) is 18.8. The summed E-state index contributed by atoms with van der Waals surface area (Å²) in [5.74, 6) is -0.460. The summed E-state index contributed by atoms with van der Waals surface area (Å²) in [5, 5.41) is 10.4. The predicted molar refractivity (Wildman–Crippen MR) is 119 cm³/mol. The van der Waals surface area contributed by atoms with Crippen LogP contribution in [0.4, 0.5) is 0 Å². The lowest BCUT2D eigenvalue weighted by molar-refractivity contribution is -0.129. The smallest absolute Gasteiger partial charge is 0.290 e. The van der Waals surface area contributed by atoms with E-state index in [1.807, 2.05) is 24.3 Å². The van der Waals surface area contributed by atoms with Crippen molar-refractivity contribution in [3.8, 4) is 5.75 Å². The zero-order chi connectivity index (χ0) is 22.1. The average molecular weight is 417 g/mol. The van der Waals surface area contributed by atoms with Crippen molar-refractivity contribution in [3.63, 3.8) is 0 Å². The van der Waals surface area contributed by atoms with Gasteiger partial charge in [-0.3, -0.25) is 9.59 Å². The van der Waals surface area contributed by atoms with Crippen LogP contribution in [0, 0.1) is 0 Å². The Hall–Kier alpha value is -2.34. The van der Waals surface area contributed by atoms with E-state index < -0.39 is 17.7 Å². The maximum absolute atomic E-state index is 12.8. The molecule has 1 atom stereocenters. The van der Waals surface area contributed by atoms with Gasteiger partial charge < -0.3 is 19.6 Å². The molecule has 1 aromatic rings. The molecule has 0 fully saturated rings. The molecule has 0 radical (unpaired) electrons. The Morgan fingerprint density at radius 3 is 2.13 bits per heavy atom. The van der Waals surface area contributed by atoms with Gasteiger partial charge >= 0.3 is 0 Å². The number of carbonyl (C=O) groups is 2. The number of methoxy groups -OCH3 is 1. The minimum Gasteiger partial charge on any atom is -0.503 e. The summed E-state index contributed by atoms with van der Waals surface area (Å²) in [5.41, 5.74) is 0.978. The molecule has 0 aromatic heterocycles. The molecule has 0 saturated carbocycles. The normalized spacial score (nSPS) is 16.6. The van der Waals surface area contributed by atoms with Gasteiger partial charge in [-0.25, -0.2) is 0 Å². The van der Waals surface area contributed by atoms with Crippen LogP contribution in [0.25, 0.3) is 0 Å². The van der Waals surface area contributed by atoms with E-state index in [1.54, 1.807) is 12.0 Å². The molecule has 1 heterocycles. The number of nitrogens with zero attached hydrogens (tertiary/aromatic N) is 2. The Morgan fingerprint density at radius 1 is 1.07 bits per heavy atom. The SMILES string of the molecule is CCCCN(CCCC)CCCN1C(=O)C(O)=C(C(C)=O)[C@H]1c1ccc(OC)cc1. The van der Waals surface area contributed by atoms with Crippen molar-refractivity contribution >= 4 is 11.7 Å². The van der Waals surface area contributed by atoms with Gasteiger partial charge in [0.1, 0.15) is 5.75 Å². The predicted octanol–water partition coefficient (Wildman–Crippen LogP) is 4.27. The second-order valence-electron chi connectivity index (χ2n) is 7.90. The highest BCUT2D eigenvalue weighted by molar-refractivity contribution is 6.08. The highest BCUT2D eigenvalue weighted by Gasteiger charge is 2.42. The fourth-order valence-electron chi connectivity index (χ4n) is 3.94. The van der Waals surface area contributed by atoms with Crippen molar-refractivity contribution < 1.29 is 19.4 Å². The quantitative estimate of drug-likeness (QED) is 0.520. The number of unbranched alkanes of at least 4 members (excludes halogenated alkanes) is 2. The van der Waals surface area contributed by atoms with Crippen LogP contribution >= 0.6 is 0 Å². The molecule has 1 amide bonds. The van der Waals surface area contributed by atoms with E-state index in [0.717, 1.165) is 57.3 Å². The number of carbonyl (C=O) groups excluding carboxylic acids is 2. The molecule has 0 spiro atoms. The Balaban J connectivity index is 2.15. The van der Waals surface area contributed by atoms with Crippen LogP contribution in [0.2, 0.25) is 0 Å². The maximum Gasteiger partial charge on any atom is 0.290 e. The lowest BCUT2D eigenvalue weighted by atomic mass is 9.96. The summed E-state index contributed by atoms with van der Waals surface area (Å²) >= 11 is 0. The molecule has 1 aromatic carbocycles. The highest BCUT2D eigenvalue weighted by atomic mass is 16.5. The summed E-state index contributed by atoms with van der Waals surface area (Å²) in [7, 11) is 1.59. The van der Waals surface area contributed by atoms with Crippen LogP contribution in [0.3, 0.4) is 0 Å². The molecular weight excluding hydrogens is 380 g/mol. The number of ketones is 1. The van der Waals surface area contributed by atoms with E-state index in [0.29, 0.717) is 12.3 Å². The Bertz CT molecular complexity index is 734. The van der Waals surface area contributed by atoms with Crippen molar-refractivity contribution in [1.29, 1.82) is 0 Å². The van der Waals surface area contributed by atoms with Gasteiger partial charge in [-0.2, -0.15) is 0 Å². The van der Waals surface area contributed by atoms with Gasteiger partial charge in [0, 0.05) is 6.54 Å². The van der Waals surface area contributed by atoms with Crippen LogP contribution in [0.15, 0.2) is 35.6 Å². The van der Waals surface area contributed by atoms with E-state index in [1.165, 1.54) is 6.92 Å². The fourth-order valence-corrected chi connectivity index (χ4v) is 3.94. The Morgan fingerprint density at radius 2 is 1.63 bits per heavy atom. The molecule has 2 rings (SSSR count). The maximum atomic E-state index is 12.8.